The van der Waals surface area contributed by atoms with E-state index in [9.17, 15) is 20.4 Å². The molecule has 4 N–H and O–H groups in total. The molecule has 8 rings (SSSR count). The summed E-state index contributed by atoms with van der Waals surface area (Å²) >= 11 is 0. The molecule has 0 aliphatic rings. The van der Waals surface area contributed by atoms with Crippen LogP contribution in [0.3, 0.4) is 0 Å². The fourth-order valence-electron chi connectivity index (χ4n) is 10.4. The third-order valence-corrected chi connectivity index (χ3v) is 14.3. The summed E-state index contributed by atoms with van der Waals surface area (Å²) in [5.74, 6) is 2.02. The summed E-state index contributed by atoms with van der Waals surface area (Å²) in [4.78, 5) is 0. The maximum Gasteiger partial charge on any atom is 0.127 e. The third kappa shape index (κ3) is 11.7. The molecule has 0 heterocycles. The van der Waals surface area contributed by atoms with Crippen molar-refractivity contribution in [1.82, 2.24) is 0 Å². The molecule has 8 aromatic rings. The van der Waals surface area contributed by atoms with Gasteiger partial charge >= 0.3 is 0 Å². The number of phenols is 4. The van der Waals surface area contributed by atoms with E-state index in [1.165, 1.54) is 0 Å². The fourth-order valence-corrected chi connectivity index (χ4v) is 10.4. The fraction of sp³-hybridized carbons (Fsp3) is 0.273. The van der Waals surface area contributed by atoms with Gasteiger partial charge in [0.1, 0.15) is 69.0 Å². The topological polar surface area (TPSA) is 155 Å². The molecule has 0 aliphatic carbocycles. The van der Waals surface area contributed by atoms with Crippen molar-refractivity contribution in [2.24, 2.45) is 0 Å². The number of benzene rings is 8. The highest BCUT2D eigenvalue weighted by molar-refractivity contribution is 5.66. The van der Waals surface area contributed by atoms with Crippen LogP contribution in [-0.4, -0.2) is 75.3 Å². The summed E-state index contributed by atoms with van der Waals surface area (Å²) < 4.78 is 47.9. The van der Waals surface area contributed by atoms with Gasteiger partial charge in [-0.05, 0) is 135 Å². The first-order chi connectivity index (χ1) is 37.8. The molecular formula is C66H70O12. The van der Waals surface area contributed by atoms with Crippen LogP contribution in [0.5, 0.6) is 69.0 Å². The smallest absolute Gasteiger partial charge is 0.127 e. The first-order valence-electron chi connectivity index (χ1n) is 26.3. The van der Waals surface area contributed by atoms with Crippen molar-refractivity contribution >= 4 is 0 Å². The highest BCUT2D eigenvalue weighted by Gasteiger charge is 2.34. The highest BCUT2D eigenvalue weighted by atomic mass is 16.5. The van der Waals surface area contributed by atoms with E-state index < -0.39 is 17.8 Å². The van der Waals surface area contributed by atoms with Crippen LogP contribution < -0.4 is 37.9 Å². The summed E-state index contributed by atoms with van der Waals surface area (Å²) in [6.45, 7) is 12.7. The zero-order chi connectivity index (χ0) is 55.6. The Hall–Kier alpha value is -8.64. The molecule has 8 aromatic carbocycles. The Morgan fingerprint density at radius 1 is 0.321 bits per heavy atom. The third-order valence-electron chi connectivity index (χ3n) is 14.3. The molecule has 4 unspecified atom stereocenters. The summed E-state index contributed by atoms with van der Waals surface area (Å²) in [5, 5.41) is 48.6. The molecule has 0 saturated carbocycles. The van der Waals surface area contributed by atoms with E-state index in [4.69, 9.17) is 37.9 Å². The van der Waals surface area contributed by atoms with Gasteiger partial charge in [-0.15, -0.1) is 0 Å². The molecular weight excluding hydrogens is 985 g/mol. The van der Waals surface area contributed by atoms with Crippen molar-refractivity contribution in [2.45, 2.75) is 65.2 Å². The molecule has 0 amide bonds. The Kier molecular flexibility index (Phi) is 17.8. The van der Waals surface area contributed by atoms with Crippen LogP contribution in [0.25, 0.3) is 0 Å². The first kappa shape index (κ1) is 55.6. The number of rotatable bonds is 23. The number of ether oxygens (including phenoxy) is 8. The number of hydrogen-bond donors (Lipinski definition) is 4. The molecule has 78 heavy (non-hydrogen) atoms. The lowest BCUT2D eigenvalue weighted by Crippen LogP contribution is -2.13. The van der Waals surface area contributed by atoms with E-state index in [1.807, 2.05) is 156 Å². The Labute approximate surface area is 457 Å². The lowest BCUT2D eigenvalue weighted by atomic mass is 9.77. The van der Waals surface area contributed by atoms with Crippen LogP contribution in [0, 0.1) is 6.92 Å². The van der Waals surface area contributed by atoms with Crippen molar-refractivity contribution in [3.05, 3.63) is 212 Å². The summed E-state index contributed by atoms with van der Waals surface area (Å²) in [6.07, 6.45) is 0. The van der Waals surface area contributed by atoms with Crippen LogP contribution in [0.4, 0.5) is 0 Å². The Balaban J connectivity index is 1.44. The number of methoxy groups -OCH3 is 4. The van der Waals surface area contributed by atoms with E-state index in [1.54, 1.807) is 52.7 Å². The summed E-state index contributed by atoms with van der Waals surface area (Å²) in [7, 11) is 6.47. The summed E-state index contributed by atoms with van der Waals surface area (Å²) in [6, 6.07) is 45.2. The molecule has 0 saturated heterocycles. The highest BCUT2D eigenvalue weighted by Crippen LogP contribution is 2.52. The summed E-state index contributed by atoms with van der Waals surface area (Å²) in [5.41, 5.74) is 8.35. The first-order valence-corrected chi connectivity index (χ1v) is 26.3. The van der Waals surface area contributed by atoms with Gasteiger partial charge in [-0.25, -0.2) is 0 Å². The molecule has 0 bridgehead atoms. The predicted molar refractivity (Wildman–Crippen MR) is 304 cm³/mol. The normalized spacial score (nSPS) is 12.7. The second-order valence-corrected chi connectivity index (χ2v) is 18.9. The second-order valence-electron chi connectivity index (χ2n) is 18.9. The van der Waals surface area contributed by atoms with Crippen LogP contribution in [0.1, 0.15) is 125 Å². The van der Waals surface area contributed by atoms with Crippen molar-refractivity contribution in [1.29, 1.82) is 0 Å². The largest absolute Gasteiger partial charge is 0.508 e. The second kappa shape index (κ2) is 25.0. The van der Waals surface area contributed by atoms with Crippen LogP contribution in [0.2, 0.25) is 0 Å². The van der Waals surface area contributed by atoms with Gasteiger partial charge in [0.2, 0.25) is 0 Å². The molecule has 4 atom stereocenters. The lowest BCUT2D eigenvalue weighted by Gasteiger charge is -2.29. The van der Waals surface area contributed by atoms with Crippen molar-refractivity contribution in [3.8, 4) is 69.0 Å². The number of aromatic hydroxyl groups is 4. The lowest BCUT2D eigenvalue weighted by molar-refractivity contribution is 0.331. The molecule has 0 radical (unpaired) electrons. The predicted octanol–water partition coefficient (Wildman–Crippen LogP) is 14.1. The van der Waals surface area contributed by atoms with Crippen molar-refractivity contribution < 1.29 is 58.3 Å². The zero-order valence-corrected chi connectivity index (χ0v) is 46.0. The number of phenolic OH excluding ortho intramolecular Hbond substituents is 4. The number of aryl methyl sites for hydroxylation is 1. The van der Waals surface area contributed by atoms with Gasteiger partial charge < -0.3 is 58.3 Å². The van der Waals surface area contributed by atoms with E-state index in [0.29, 0.717) is 92.4 Å². The van der Waals surface area contributed by atoms with Crippen molar-refractivity contribution in [3.63, 3.8) is 0 Å². The Bertz CT molecular complexity index is 3300. The van der Waals surface area contributed by atoms with Gasteiger partial charge in [0.25, 0.3) is 0 Å². The van der Waals surface area contributed by atoms with E-state index in [2.05, 4.69) is 6.92 Å². The minimum absolute atomic E-state index is 0.00371. The molecule has 0 spiro atoms. The quantitative estimate of drug-likeness (QED) is 0.0451. The van der Waals surface area contributed by atoms with Crippen LogP contribution in [-0.2, 0) is 0 Å². The van der Waals surface area contributed by atoms with E-state index >= 15 is 0 Å². The minimum atomic E-state index is -0.785. The molecule has 406 valence electrons. The Morgan fingerprint density at radius 3 is 0.872 bits per heavy atom. The van der Waals surface area contributed by atoms with Gasteiger partial charge in [0.05, 0.1) is 54.9 Å². The van der Waals surface area contributed by atoms with Gasteiger partial charge in [0, 0.05) is 86.9 Å². The Morgan fingerprint density at radius 2 is 0.577 bits per heavy atom. The molecule has 0 fully saturated rings. The SMILES string of the molecule is CCOc1cc(O)c(C(c2ccc(OC)cc2)c2cc(C(c3ccc(OC)cc3)c3cc(C(c4ccc(OC)cc4)c4cc(C)c(O)cc4OCC)c(O)cc3OCC)c(O)cc2OCC)cc1C(C)c1ccc(OC)cc1. The maximum atomic E-state index is 12.7. The van der Waals surface area contributed by atoms with Crippen LogP contribution >= 0.6 is 0 Å². The molecule has 0 aromatic heterocycles. The molecule has 12 heteroatoms. The van der Waals surface area contributed by atoms with Gasteiger partial charge in [0.15, 0.2) is 0 Å². The van der Waals surface area contributed by atoms with E-state index in [0.717, 1.165) is 33.6 Å². The van der Waals surface area contributed by atoms with Gasteiger partial charge in [-0.1, -0.05) is 55.5 Å². The maximum absolute atomic E-state index is 12.7. The molecule has 0 aliphatic heterocycles. The monoisotopic (exact) mass is 1050 g/mol. The molecule has 12 nitrogen and oxygen atoms in total. The van der Waals surface area contributed by atoms with Crippen molar-refractivity contribution in [2.75, 3.05) is 54.9 Å². The average molecular weight is 1060 g/mol. The standard InChI is InChI=1S/C66H70O12/c1-11-75-60-36-57(68)50(32-49(60)40(6)41-15-23-45(71-7)24-16-41)65(43-19-27-47(73-9)28-20-43)54-34-52(59(70)38-62(54)77-13-3)66(44-21-29-48(74-10)30-22-44)55-33-51(58(69)37-63(55)78-14-4)64(42-17-25-46(72-8)26-18-42)53-31-39(5)56(67)35-61(53)76-12-2/h15-38,40,64-70H,11-14H2,1-10H3. The van der Waals surface area contributed by atoms with E-state index in [-0.39, 0.29) is 42.1 Å². The minimum Gasteiger partial charge on any atom is -0.508 e. The van der Waals surface area contributed by atoms with Gasteiger partial charge in [-0.3, -0.25) is 0 Å². The van der Waals surface area contributed by atoms with Crippen LogP contribution in [0.15, 0.2) is 146 Å². The number of hydrogen-bond acceptors (Lipinski definition) is 12. The zero-order valence-electron chi connectivity index (χ0n) is 46.0. The average Bonchev–Trinajstić information content (AvgIpc) is 3.53. The van der Waals surface area contributed by atoms with Gasteiger partial charge in [-0.2, -0.15) is 0 Å².